The van der Waals surface area contributed by atoms with Gasteiger partial charge < -0.3 is 10.1 Å². The van der Waals surface area contributed by atoms with Crippen LogP contribution >= 0.6 is 11.3 Å². The SMILES string of the molecule is Cc1nc(-c2cccs2)cc([C@H]2CN3CC[C@H]2C[C@@H]3COC(=O)NC(C)C)n1. The first-order valence-corrected chi connectivity index (χ1v) is 10.9. The molecule has 3 saturated heterocycles. The number of amides is 1. The number of carbonyl (C=O) groups excluding carboxylic acids is 1. The lowest BCUT2D eigenvalue weighted by molar-refractivity contribution is -0.00373. The molecule has 0 spiro atoms. The van der Waals surface area contributed by atoms with Gasteiger partial charge in [0.25, 0.3) is 0 Å². The molecular weight excluding hydrogens is 372 g/mol. The molecule has 5 heterocycles. The van der Waals surface area contributed by atoms with Crippen LogP contribution in [0.2, 0.25) is 0 Å². The molecule has 2 bridgehead atoms. The van der Waals surface area contributed by atoms with Crippen LogP contribution in [0.5, 0.6) is 0 Å². The van der Waals surface area contributed by atoms with E-state index < -0.39 is 0 Å². The largest absolute Gasteiger partial charge is 0.448 e. The van der Waals surface area contributed by atoms with Crippen LogP contribution in [0.4, 0.5) is 4.79 Å². The Morgan fingerprint density at radius 3 is 2.96 bits per heavy atom. The van der Waals surface area contributed by atoms with Gasteiger partial charge in [0.15, 0.2) is 0 Å². The molecule has 0 aliphatic carbocycles. The Kier molecular flexibility index (Phi) is 5.64. The first-order valence-electron chi connectivity index (χ1n) is 10.1. The van der Waals surface area contributed by atoms with Gasteiger partial charge in [0.2, 0.25) is 0 Å². The van der Waals surface area contributed by atoms with Crippen molar-refractivity contribution in [1.29, 1.82) is 0 Å². The van der Waals surface area contributed by atoms with Gasteiger partial charge >= 0.3 is 6.09 Å². The number of thiophene rings is 1. The molecule has 2 aromatic heterocycles. The Balaban J connectivity index is 1.44. The maximum absolute atomic E-state index is 11.8. The zero-order valence-electron chi connectivity index (χ0n) is 16.7. The molecule has 4 atom stereocenters. The molecular formula is C21H28N4O2S. The Hall–Kier alpha value is -1.99. The van der Waals surface area contributed by atoms with Gasteiger partial charge in [0, 0.05) is 30.2 Å². The number of hydrogen-bond donors (Lipinski definition) is 1. The van der Waals surface area contributed by atoms with Crippen LogP contribution in [0, 0.1) is 12.8 Å². The predicted molar refractivity (Wildman–Crippen MR) is 111 cm³/mol. The van der Waals surface area contributed by atoms with Crippen LogP contribution in [-0.2, 0) is 4.74 Å². The van der Waals surface area contributed by atoms with Crippen LogP contribution in [0.1, 0.15) is 44.1 Å². The van der Waals surface area contributed by atoms with Crippen molar-refractivity contribution in [3.8, 4) is 10.6 Å². The molecule has 0 saturated carbocycles. The van der Waals surface area contributed by atoms with Crippen LogP contribution in [-0.4, -0.2) is 52.7 Å². The van der Waals surface area contributed by atoms with Crippen LogP contribution in [0.15, 0.2) is 23.6 Å². The Morgan fingerprint density at radius 1 is 1.43 bits per heavy atom. The number of carbonyl (C=O) groups is 1. The van der Waals surface area contributed by atoms with Crippen molar-refractivity contribution in [3.63, 3.8) is 0 Å². The summed E-state index contributed by atoms with van der Waals surface area (Å²) in [6.07, 6.45) is 1.91. The highest BCUT2D eigenvalue weighted by atomic mass is 32.1. The number of fused-ring (bicyclic) bond motifs is 3. The number of ether oxygens (including phenoxy) is 1. The Bertz CT molecular complexity index is 824. The average molecular weight is 401 g/mol. The molecule has 1 amide bonds. The number of nitrogens with one attached hydrogen (secondary N) is 1. The molecule has 1 N–H and O–H groups in total. The Labute approximate surface area is 170 Å². The molecule has 7 heteroatoms. The second-order valence-electron chi connectivity index (χ2n) is 8.14. The van der Waals surface area contributed by atoms with Crippen LogP contribution < -0.4 is 5.32 Å². The number of aromatic nitrogens is 2. The lowest BCUT2D eigenvalue weighted by Crippen LogP contribution is -2.54. The first kappa shape index (κ1) is 19.3. The fourth-order valence-corrected chi connectivity index (χ4v) is 5.11. The summed E-state index contributed by atoms with van der Waals surface area (Å²) in [5.74, 6) is 1.84. The molecule has 2 aromatic rings. The zero-order chi connectivity index (χ0) is 19.7. The topological polar surface area (TPSA) is 67.4 Å². The monoisotopic (exact) mass is 400 g/mol. The van der Waals surface area contributed by atoms with E-state index in [1.54, 1.807) is 11.3 Å². The van der Waals surface area contributed by atoms with Gasteiger partial charge in [-0.15, -0.1) is 11.3 Å². The fraction of sp³-hybridized carbons (Fsp3) is 0.571. The van der Waals surface area contributed by atoms with E-state index in [9.17, 15) is 4.79 Å². The van der Waals surface area contributed by atoms with Gasteiger partial charge in [-0.1, -0.05) is 6.07 Å². The third kappa shape index (κ3) is 4.20. The van der Waals surface area contributed by atoms with E-state index in [0.717, 1.165) is 36.7 Å². The summed E-state index contributed by atoms with van der Waals surface area (Å²) >= 11 is 1.71. The van der Waals surface area contributed by atoms with E-state index in [0.29, 0.717) is 24.5 Å². The lowest BCUT2D eigenvalue weighted by Gasteiger charge is -2.49. The molecule has 1 unspecified atom stereocenters. The number of nitrogens with zero attached hydrogens (tertiary/aromatic N) is 3. The highest BCUT2D eigenvalue weighted by molar-refractivity contribution is 7.13. The summed E-state index contributed by atoms with van der Waals surface area (Å²) in [4.78, 5) is 24.9. The van der Waals surface area contributed by atoms with Crippen molar-refractivity contribution in [2.45, 2.75) is 51.6 Å². The molecule has 0 aromatic carbocycles. The van der Waals surface area contributed by atoms with Crippen molar-refractivity contribution < 1.29 is 9.53 Å². The van der Waals surface area contributed by atoms with E-state index in [1.165, 1.54) is 11.3 Å². The molecule has 0 radical (unpaired) electrons. The molecule has 150 valence electrons. The maximum Gasteiger partial charge on any atom is 0.407 e. The highest BCUT2D eigenvalue weighted by Crippen LogP contribution is 2.42. The summed E-state index contributed by atoms with van der Waals surface area (Å²) in [6.45, 7) is 8.36. The molecule has 3 aliphatic rings. The highest BCUT2D eigenvalue weighted by Gasteiger charge is 2.41. The van der Waals surface area contributed by atoms with Crippen molar-refractivity contribution in [3.05, 3.63) is 35.1 Å². The number of aryl methyl sites for hydroxylation is 1. The van der Waals surface area contributed by atoms with Crippen molar-refractivity contribution in [1.82, 2.24) is 20.2 Å². The fourth-order valence-electron chi connectivity index (χ4n) is 4.43. The van der Waals surface area contributed by atoms with Gasteiger partial charge in [0.1, 0.15) is 12.4 Å². The van der Waals surface area contributed by atoms with E-state index in [4.69, 9.17) is 9.72 Å². The maximum atomic E-state index is 11.8. The van der Waals surface area contributed by atoms with Gasteiger partial charge in [-0.3, -0.25) is 4.90 Å². The van der Waals surface area contributed by atoms with E-state index in [1.807, 2.05) is 20.8 Å². The summed E-state index contributed by atoms with van der Waals surface area (Å²) in [7, 11) is 0. The molecule has 6 nitrogen and oxygen atoms in total. The molecule has 28 heavy (non-hydrogen) atoms. The average Bonchev–Trinajstić information content (AvgIpc) is 3.20. The molecule has 3 aliphatic heterocycles. The second kappa shape index (κ2) is 8.17. The van der Waals surface area contributed by atoms with Gasteiger partial charge in [-0.25, -0.2) is 14.8 Å². The smallest absolute Gasteiger partial charge is 0.407 e. The zero-order valence-corrected chi connectivity index (χ0v) is 17.5. The summed E-state index contributed by atoms with van der Waals surface area (Å²) in [6, 6.07) is 6.76. The van der Waals surface area contributed by atoms with E-state index >= 15 is 0 Å². The number of piperidine rings is 3. The summed E-state index contributed by atoms with van der Waals surface area (Å²) in [5, 5.41) is 4.88. The van der Waals surface area contributed by atoms with Crippen molar-refractivity contribution >= 4 is 17.4 Å². The van der Waals surface area contributed by atoms with E-state index in [2.05, 4.69) is 38.8 Å². The summed E-state index contributed by atoms with van der Waals surface area (Å²) in [5.41, 5.74) is 2.18. The Morgan fingerprint density at radius 2 is 2.29 bits per heavy atom. The second-order valence-corrected chi connectivity index (χ2v) is 9.09. The standard InChI is InChI=1S/C21H28N4O2S/c1-13(2)22-21(26)27-12-16-9-15-6-7-25(16)11-17(15)18-10-19(24-14(3)23-18)20-5-4-8-28-20/h4-5,8,10,13,15-17H,6-7,9,11-12H2,1-3H3,(H,22,26)/t15-,16+,17-/m0/s1. The normalized spacial score (nSPS) is 26.4. The van der Waals surface area contributed by atoms with Gasteiger partial charge in [-0.2, -0.15) is 0 Å². The number of alkyl carbamates (subject to hydrolysis) is 1. The third-order valence-corrected chi connectivity index (χ3v) is 6.60. The van der Waals surface area contributed by atoms with Crippen molar-refractivity contribution in [2.75, 3.05) is 19.7 Å². The van der Waals surface area contributed by atoms with Crippen LogP contribution in [0.3, 0.4) is 0 Å². The lowest BCUT2D eigenvalue weighted by atomic mass is 9.74. The quantitative estimate of drug-likeness (QED) is 0.826. The number of rotatable bonds is 5. The first-order chi connectivity index (χ1) is 13.5. The van der Waals surface area contributed by atoms with E-state index in [-0.39, 0.29) is 12.1 Å². The molecule has 3 fully saturated rings. The minimum Gasteiger partial charge on any atom is -0.448 e. The van der Waals surface area contributed by atoms with Gasteiger partial charge in [-0.05, 0) is 63.6 Å². The van der Waals surface area contributed by atoms with Crippen LogP contribution in [0.25, 0.3) is 10.6 Å². The predicted octanol–water partition coefficient (Wildman–Crippen LogP) is 3.83. The minimum absolute atomic E-state index is 0.0959. The van der Waals surface area contributed by atoms with Gasteiger partial charge in [0.05, 0.1) is 10.6 Å². The van der Waals surface area contributed by atoms with Crippen molar-refractivity contribution in [2.24, 2.45) is 5.92 Å². The summed E-state index contributed by atoms with van der Waals surface area (Å²) < 4.78 is 5.46. The third-order valence-electron chi connectivity index (χ3n) is 5.70. The minimum atomic E-state index is -0.318. The number of hydrogen-bond acceptors (Lipinski definition) is 6. The molecule has 5 rings (SSSR count).